The molecule has 0 saturated carbocycles. The molecule has 1 aliphatic heterocycles. The largest absolute Gasteiger partial charge is 0.497 e. The van der Waals surface area contributed by atoms with Crippen molar-refractivity contribution in [2.75, 3.05) is 23.9 Å². The number of amides is 2. The van der Waals surface area contributed by atoms with E-state index in [1.807, 2.05) is 47.4 Å². The lowest BCUT2D eigenvalue weighted by molar-refractivity contribution is -0.117. The quantitative estimate of drug-likeness (QED) is 0.556. The number of ether oxygens (including phenoxy) is 1. The first-order valence-corrected chi connectivity index (χ1v) is 11.5. The summed E-state index contributed by atoms with van der Waals surface area (Å²) in [5.41, 5.74) is 3.19. The second-order valence-electron chi connectivity index (χ2n) is 7.73. The van der Waals surface area contributed by atoms with Gasteiger partial charge in [0, 0.05) is 31.0 Å². The number of hydrogen-bond donors (Lipinski definition) is 1. The van der Waals surface area contributed by atoms with Gasteiger partial charge in [-0.05, 0) is 42.2 Å². The van der Waals surface area contributed by atoms with Gasteiger partial charge in [0.1, 0.15) is 10.8 Å². The number of nitrogens with one attached hydrogen (secondary N) is 1. The summed E-state index contributed by atoms with van der Waals surface area (Å²) in [5, 5.41) is 12.5. The van der Waals surface area contributed by atoms with Gasteiger partial charge in [-0.15, -0.1) is 10.2 Å². The Balaban J connectivity index is 1.34. The average molecular weight is 451 g/mol. The summed E-state index contributed by atoms with van der Waals surface area (Å²) in [4.78, 5) is 26.9. The molecule has 0 bridgehead atoms. The number of para-hydroxylation sites is 1. The Morgan fingerprint density at radius 3 is 2.72 bits per heavy atom. The number of nitrogens with zero attached hydrogens (tertiary/aromatic N) is 3. The fourth-order valence-electron chi connectivity index (χ4n) is 3.86. The molecule has 3 aromatic rings. The minimum Gasteiger partial charge on any atom is -0.497 e. The zero-order chi connectivity index (χ0) is 22.5. The molecule has 1 aliphatic rings. The van der Waals surface area contributed by atoms with E-state index < -0.39 is 0 Å². The van der Waals surface area contributed by atoms with Gasteiger partial charge in [0.15, 0.2) is 0 Å². The minimum absolute atomic E-state index is 0.0186. The Kier molecular flexibility index (Phi) is 6.80. The van der Waals surface area contributed by atoms with Crippen LogP contribution in [0.1, 0.15) is 41.8 Å². The molecular formula is C24H26N4O3S. The molecule has 4 rings (SSSR count). The molecule has 0 radical (unpaired) electrons. The topological polar surface area (TPSA) is 84.4 Å². The van der Waals surface area contributed by atoms with Gasteiger partial charge in [0.25, 0.3) is 0 Å². The third-order valence-corrected chi connectivity index (χ3v) is 6.63. The molecular weight excluding hydrogens is 424 g/mol. The molecule has 166 valence electrons. The number of aromatic nitrogens is 2. The lowest BCUT2D eigenvalue weighted by Gasteiger charge is -2.19. The summed E-state index contributed by atoms with van der Waals surface area (Å²) < 4.78 is 5.15. The van der Waals surface area contributed by atoms with E-state index in [1.54, 1.807) is 7.11 Å². The van der Waals surface area contributed by atoms with E-state index in [1.165, 1.54) is 11.3 Å². The molecule has 8 heteroatoms. The molecule has 1 aromatic heterocycles. The molecule has 7 nitrogen and oxygen atoms in total. The van der Waals surface area contributed by atoms with Crippen LogP contribution < -0.4 is 15.0 Å². The van der Waals surface area contributed by atoms with E-state index in [-0.39, 0.29) is 17.7 Å². The number of anilines is 2. The SMILES string of the molecule is CCc1ccccc1N1C[C@@H](c2nnc(NC(=O)CCc3ccc(OC)cc3)s2)CC1=O. The van der Waals surface area contributed by atoms with E-state index in [2.05, 4.69) is 28.5 Å². The van der Waals surface area contributed by atoms with Crippen LogP contribution in [0.25, 0.3) is 0 Å². The van der Waals surface area contributed by atoms with Crippen molar-refractivity contribution >= 4 is 34.0 Å². The van der Waals surface area contributed by atoms with Crippen LogP contribution in [0.15, 0.2) is 48.5 Å². The zero-order valence-corrected chi connectivity index (χ0v) is 19.0. The van der Waals surface area contributed by atoms with Crippen LogP contribution in [0.5, 0.6) is 5.75 Å². The molecule has 2 amide bonds. The van der Waals surface area contributed by atoms with Gasteiger partial charge in [0.2, 0.25) is 16.9 Å². The standard InChI is InChI=1S/C24H26N4O3S/c1-3-17-6-4-5-7-20(17)28-15-18(14-22(28)30)23-26-27-24(32-23)25-21(29)13-10-16-8-11-19(31-2)12-9-16/h4-9,11-12,18H,3,10,13-15H2,1-2H3,(H,25,27,29)/t18-/m0/s1. The maximum atomic E-state index is 12.7. The Hall–Kier alpha value is -3.26. The minimum atomic E-state index is -0.107. The highest BCUT2D eigenvalue weighted by Crippen LogP contribution is 2.35. The van der Waals surface area contributed by atoms with Crippen LogP contribution in [0.3, 0.4) is 0 Å². The number of carbonyl (C=O) groups is 2. The van der Waals surface area contributed by atoms with E-state index >= 15 is 0 Å². The summed E-state index contributed by atoms with van der Waals surface area (Å²) in [6.07, 6.45) is 2.25. The first kappa shape index (κ1) is 22.0. The molecule has 1 saturated heterocycles. The molecule has 1 N–H and O–H groups in total. The van der Waals surface area contributed by atoms with Gasteiger partial charge in [-0.25, -0.2) is 0 Å². The lowest BCUT2D eigenvalue weighted by atomic mass is 10.1. The zero-order valence-electron chi connectivity index (χ0n) is 18.2. The molecule has 0 spiro atoms. The molecule has 1 atom stereocenters. The van der Waals surface area contributed by atoms with Gasteiger partial charge in [-0.2, -0.15) is 0 Å². The maximum absolute atomic E-state index is 12.7. The van der Waals surface area contributed by atoms with Crippen LogP contribution in [-0.4, -0.2) is 35.7 Å². The van der Waals surface area contributed by atoms with E-state index in [0.717, 1.165) is 34.0 Å². The maximum Gasteiger partial charge on any atom is 0.227 e. The average Bonchev–Trinajstić information content (AvgIpc) is 3.44. The van der Waals surface area contributed by atoms with Crippen LogP contribution in [-0.2, 0) is 22.4 Å². The van der Waals surface area contributed by atoms with Crippen molar-refractivity contribution in [2.45, 2.75) is 38.5 Å². The molecule has 1 fully saturated rings. The molecule has 2 aromatic carbocycles. The number of carbonyl (C=O) groups excluding carboxylic acids is 2. The van der Waals surface area contributed by atoms with Crippen molar-refractivity contribution < 1.29 is 14.3 Å². The number of benzene rings is 2. The Morgan fingerprint density at radius 2 is 1.97 bits per heavy atom. The van der Waals surface area contributed by atoms with Crippen LogP contribution in [0.4, 0.5) is 10.8 Å². The summed E-state index contributed by atoms with van der Waals surface area (Å²) >= 11 is 1.34. The molecule has 2 heterocycles. The number of hydrogen-bond acceptors (Lipinski definition) is 6. The number of methoxy groups -OCH3 is 1. The lowest BCUT2D eigenvalue weighted by Crippen LogP contribution is -2.25. The highest BCUT2D eigenvalue weighted by molar-refractivity contribution is 7.15. The van der Waals surface area contributed by atoms with Crippen LogP contribution in [0.2, 0.25) is 0 Å². The predicted octanol–water partition coefficient (Wildman–Crippen LogP) is 4.20. The van der Waals surface area contributed by atoms with E-state index in [4.69, 9.17) is 4.74 Å². The molecule has 32 heavy (non-hydrogen) atoms. The monoisotopic (exact) mass is 450 g/mol. The normalized spacial score (nSPS) is 15.8. The second-order valence-corrected chi connectivity index (χ2v) is 8.74. The summed E-state index contributed by atoms with van der Waals surface area (Å²) in [6.45, 7) is 2.67. The molecule has 0 aliphatic carbocycles. The van der Waals surface area contributed by atoms with Crippen molar-refractivity contribution in [2.24, 2.45) is 0 Å². The van der Waals surface area contributed by atoms with Crippen molar-refractivity contribution in [1.82, 2.24) is 10.2 Å². The van der Waals surface area contributed by atoms with E-state index in [9.17, 15) is 9.59 Å². The van der Waals surface area contributed by atoms with Crippen LogP contribution in [0, 0.1) is 0 Å². The van der Waals surface area contributed by atoms with Crippen molar-refractivity contribution in [3.8, 4) is 5.75 Å². The van der Waals surface area contributed by atoms with Crippen molar-refractivity contribution in [3.05, 3.63) is 64.7 Å². The van der Waals surface area contributed by atoms with Crippen molar-refractivity contribution in [3.63, 3.8) is 0 Å². The third-order valence-electron chi connectivity index (χ3n) is 5.62. The highest BCUT2D eigenvalue weighted by atomic mass is 32.1. The first-order valence-electron chi connectivity index (χ1n) is 10.7. The van der Waals surface area contributed by atoms with Gasteiger partial charge in [-0.1, -0.05) is 48.6 Å². The van der Waals surface area contributed by atoms with E-state index in [0.29, 0.717) is 30.9 Å². The Bertz CT molecular complexity index is 1100. The first-order chi connectivity index (χ1) is 15.6. The van der Waals surface area contributed by atoms with Gasteiger partial charge < -0.3 is 15.0 Å². The summed E-state index contributed by atoms with van der Waals surface area (Å²) in [5.74, 6) is 0.761. The number of rotatable bonds is 8. The predicted molar refractivity (Wildman–Crippen MR) is 125 cm³/mol. The highest BCUT2D eigenvalue weighted by Gasteiger charge is 2.34. The Labute approximate surface area is 191 Å². The van der Waals surface area contributed by atoms with Crippen LogP contribution >= 0.6 is 11.3 Å². The third kappa shape index (κ3) is 4.96. The number of aryl methyl sites for hydroxylation is 2. The van der Waals surface area contributed by atoms with Crippen molar-refractivity contribution in [1.29, 1.82) is 0 Å². The second kappa shape index (κ2) is 9.91. The fraction of sp³-hybridized carbons (Fsp3) is 0.333. The van der Waals surface area contributed by atoms with Gasteiger partial charge >= 0.3 is 0 Å². The van der Waals surface area contributed by atoms with Gasteiger partial charge in [-0.3, -0.25) is 9.59 Å². The molecule has 0 unspecified atom stereocenters. The summed E-state index contributed by atoms with van der Waals surface area (Å²) in [7, 11) is 1.63. The fourth-order valence-corrected chi connectivity index (χ4v) is 4.71. The van der Waals surface area contributed by atoms with Gasteiger partial charge in [0.05, 0.1) is 7.11 Å². The smallest absolute Gasteiger partial charge is 0.227 e. The summed E-state index contributed by atoms with van der Waals surface area (Å²) in [6, 6.07) is 15.7. The Morgan fingerprint density at radius 1 is 1.19 bits per heavy atom.